The minimum Gasteiger partial charge on any atom is -0.355 e. The lowest BCUT2D eigenvalue weighted by atomic mass is 10.1. The summed E-state index contributed by atoms with van der Waals surface area (Å²) in [4.78, 5) is 15.6. The van der Waals surface area contributed by atoms with Gasteiger partial charge in [-0.05, 0) is 18.9 Å². The lowest BCUT2D eigenvalue weighted by Gasteiger charge is -2.04. The third-order valence-corrected chi connectivity index (χ3v) is 3.62. The van der Waals surface area contributed by atoms with Crippen LogP contribution in [0.25, 0.3) is 11.3 Å². The second-order valence-corrected chi connectivity index (χ2v) is 5.45. The Bertz CT molecular complexity index is 625. The van der Waals surface area contributed by atoms with E-state index in [0.29, 0.717) is 6.54 Å². The van der Waals surface area contributed by atoms with Crippen molar-refractivity contribution < 1.29 is 4.79 Å². The van der Waals surface area contributed by atoms with E-state index in [-0.39, 0.29) is 12.3 Å². The minimum atomic E-state index is -0.220. The monoisotopic (exact) mass is 285 g/mol. The first-order chi connectivity index (χ1) is 9.69. The summed E-state index contributed by atoms with van der Waals surface area (Å²) in [5, 5.41) is 14.2. The van der Waals surface area contributed by atoms with E-state index >= 15 is 0 Å². The van der Waals surface area contributed by atoms with Gasteiger partial charge in [0.25, 0.3) is 0 Å². The predicted molar refractivity (Wildman–Crippen MR) is 79.2 cm³/mol. The summed E-state index contributed by atoms with van der Waals surface area (Å²) in [6, 6.07) is 10.00. The SMILES string of the molecule is Cc1nc(-c2ccc(CCNC(=O)CC#N)cc2)cs1. The average Bonchev–Trinajstić information content (AvgIpc) is 2.86. The van der Waals surface area contributed by atoms with Gasteiger partial charge in [-0.25, -0.2) is 4.98 Å². The lowest BCUT2D eigenvalue weighted by molar-refractivity contribution is -0.120. The first kappa shape index (κ1) is 14.2. The number of aryl methyl sites for hydroxylation is 1. The molecule has 0 aliphatic heterocycles. The van der Waals surface area contributed by atoms with Crippen LogP contribution in [0.1, 0.15) is 17.0 Å². The Morgan fingerprint density at radius 3 is 2.75 bits per heavy atom. The van der Waals surface area contributed by atoms with E-state index in [4.69, 9.17) is 5.26 Å². The van der Waals surface area contributed by atoms with Crippen LogP contribution in [-0.2, 0) is 11.2 Å². The summed E-state index contributed by atoms with van der Waals surface area (Å²) >= 11 is 1.64. The number of nitriles is 1. The molecule has 0 aliphatic carbocycles. The van der Waals surface area contributed by atoms with Crippen molar-refractivity contribution in [2.45, 2.75) is 19.8 Å². The van der Waals surface area contributed by atoms with E-state index in [1.807, 2.05) is 42.6 Å². The second-order valence-electron chi connectivity index (χ2n) is 4.38. The number of nitrogens with zero attached hydrogens (tertiary/aromatic N) is 2. The first-order valence-electron chi connectivity index (χ1n) is 6.34. The Morgan fingerprint density at radius 1 is 1.40 bits per heavy atom. The van der Waals surface area contributed by atoms with Crippen molar-refractivity contribution in [1.82, 2.24) is 10.3 Å². The molecule has 4 nitrogen and oxygen atoms in total. The van der Waals surface area contributed by atoms with Crippen molar-refractivity contribution in [2.75, 3.05) is 6.54 Å². The molecule has 1 heterocycles. The van der Waals surface area contributed by atoms with Crippen LogP contribution >= 0.6 is 11.3 Å². The number of thiazole rings is 1. The summed E-state index contributed by atoms with van der Waals surface area (Å²) < 4.78 is 0. The molecule has 1 aromatic heterocycles. The fraction of sp³-hybridized carbons (Fsp3) is 0.267. The topological polar surface area (TPSA) is 65.8 Å². The van der Waals surface area contributed by atoms with Crippen LogP contribution in [0.4, 0.5) is 0 Å². The molecule has 0 unspecified atom stereocenters. The lowest BCUT2D eigenvalue weighted by Crippen LogP contribution is -2.24. The number of hydrogen-bond donors (Lipinski definition) is 1. The molecule has 2 rings (SSSR count). The number of rotatable bonds is 5. The third kappa shape index (κ3) is 3.90. The Kier molecular flexibility index (Phi) is 4.85. The smallest absolute Gasteiger partial charge is 0.234 e. The van der Waals surface area contributed by atoms with E-state index in [9.17, 15) is 4.79 Å². The molecule has 0 saturated heterocycles. The summed E-state index contributed by atoms with van der Waals surface area (Å²) in [6.45, 7) is 2.54. The van der Waals surface area contributed by atoms with Crippen molar-refractivity contribution in [2.24, 2.45) is 0 Å². The highest BCUT2D eigenvalue weighted by Crippen LogP contribution is 2.21. The molecule has 102 valence electrons. The van der Waals surface area contributed by atoms with Crippen molar-refractivity contribution in [3.05, 3.63) is 40.2 Å². The first-order valence-corrected chi connectivity index (χ1v) is 7.22. The maximum absolute atomic E-state index is 11.1. The van der Waals surface area contributed by atoms with Crippen LogP contribution in [0.5, 0.6) is 0 Å². The minimum absolute atomic E-state index is 0.0812. The van der Waals surface area contributed by atoms with Gasteiger partial charge in [-0.2, -0.15) is 5.26 Å². The number of carbonyl (C=O) groups excluding carboxylic acids is 1. The molecule has 20 heavy (non-hydrogen) atoms. The molecular formula is C15H15N3OS. The van der Waals surface area contributed by atoms with Gasteiger partial charge in [-0.1, -0.05) is 24.3 Å². The van der Waals surface area contributed by atoms with E-state index in [1.165, 1.54) is 0 Å². The van der Waals surface area contributed by atoms with Gasteiger partial charge >= 0.3 is 0 Å². The van der Waals surface area contributed by atoms with Gasteiger partial charge in [0.2, 0.25) is 5.91 Å². The summed E-state index contributed by atoms with van der Waals surface area (Å²) in [5.74, 6) is -0.220. The molecule has 1 amide bonds. The highest BCUT2D eigenvalue weighted by Gasteiger charge is 2.03. The Morgan fingerprint density at radius 2 is 2.15 bits per heavy atom. The number of aromatic nitrogens is 1. The van der Waals surface area contributed by atoms with E-state index in [0.717, 1.165) is 28.2 Å². The van der Waals surface area contributed by atoms with Crippen LogP contribution < -0.4 is 5.32 Å². The number of nitrogens with one attached hydrogen (secondary N) is 1. The van der Waals surface area contributed by atoms with Crippen molar-refractivity contribution in [3.8, 4) is 17.3 Å². The normalized spacial score (nSPS) is 10.0. The van der Waals surface area contributed by atoms with E-state index < -0.39 is 0 Å². The molecule has 0 radical (unpaired) electrons. The summed E-state index contributed by atoms with van der Waals surface area (Å²) in [6.07, 6.45) is 0.676. The standard InChI is InChI=1S/C15H15N3OS/c1-11-18-14(10-20-11)13-4-2-12(3-5-13)7-9-17-15(19)6-8-16/h2-5,10H,6-7,9H2,1H3,(H,17,19). The number of amides is 1. The third-order valence-electron chi connectivity index (χ3n) is 2.84. The van der Waals surface area contributed by atoms with Crippen molar-refractivity contribution in [1.29, 1.82) is 5.26 Å². The van der Waals surface area contributed by atoms with Crippen molar-refractivity contribution in [3.63, 3.8) is 0 Å². The highest BCUT2D eigenvalue weighted by atomic mass is 32.1. The molecule has 0 aliphatic rings. The molecular weight excluding hydrogens is 270 g/mol. The number of hydrogen-bond acceptors (Lipinski definition) is 4. The van der Waals surface area contributed by atoms with Gasteiger partial charge in [0.15, 0.2) is 0 Å². The fourth-order valence-electron chi connectivity index (χ4n) is 1.82. The molecule has 0 saturated carbocycles. The van der Waals surface area contributed by atoms with Crippen LogP contribution in [0.2, 0.25) is 0 Å². The maximum Gasteiger partial charge on any atom is 0.234 e. The molecule has 0 fully saturated rings. The van der Waals surface area contributed by atoms with Gasteiger partial charge < -0.3 is 5.32 Å². The van der Waals surface area contributed by atoms with Crippen LogP contribution in [0.15, 0.2) is 29.6 Å². The van der Waals surface area contributed by atoms with E-state index in [2.05, 4.69) is 10.3 Å². The molecule has 2 aromatic rings. The molecule has 5 heteroatoms. The van der Waals surface area contributed by atoms with Gasteiger partial charge in [0, 0.05) is 17.5 Å². The number of benzene rings is 1. The quantitative estimate of drug-likeness (QED) is 0.918. The van der Waals surface area contributed by atoms with E-state index in [1.54, 1.807) is 11.3 Å². The Hall–Kier alpha value is -2.19. The van der Waals surface area contributed by atoms with Crippen LogP contribution in [0.3, 0.4) is 0 Å². The average molecular weight is 285 g/mol. The van der Waals surface area contributed by atoms with Gasteiger partial charge in [0.05, 0.1) is 16.8 Å². The second kappa shape index (κ2) is 6.83. The fourth-order valence-corrected chi connectivity index (χ4v) is 2.44. The Balaban J connectivity index is 1.89. The summed E-state index contributed by atoms with van der Waals surface area (Å²) in [5.41, 5.74) is 3.26. The predicted octanol–water partition coefficient (Wildman–Crippen LogP) is 2.69. The summed E-state index contributed by atoms with van der Waals surface area (Å²) in [7, 11) is 0. The Labute approximate surface area is 122 Å². The van der Waals surface area contributed by atoms with Gasteiger partial charge in [-0.15, -0.1) is 11.3 Å². The molecule has 0 atom stereocenters. The molecule has 0 bridgehead atoms. The van der Waals surface area contributed by atoms with Gasteiger partial charge in [-0.3, -0.25) is 4.79 Å². The molecule has 1 N–H and O–H groups in total. The van der Waals surface area contributed by atoms with Gasteiger partial charge in [0.1, 0.15) is 6.42 Å². The number of carbonyl (C=O) groups is 1. The zero-order valence-corrected chi connectivity index (χ0v) is 12.0. The maximum atomic E-state index is 11.1. The molecule has 1 aromatic carbocycles. The van der Waals surface area contributed by atoms with Crippen molar-refractivity contribution >= 4 is 17.2 Å². The largest absolute Gasteiger partial charge is 0.355 e. The van der Waals surface area contributed by atoms with Crippen LogP contribution in [0, 0.1) is 18.3 Å². The zero-order chi connectivity index (χ0) is 14.4. The highest BCUT2D eigenvalue weighted by molar-refractivity contribution is 7.09. The molecule has 0 spiro atoms. The zero-order valence-electron chi connectivity index (χ0n) is 11.2. The van der Waals surface area contributed by atoms with Crippen LogP contribution in [-0.4, -0.2) is 17.4 Å².